The van der Waals surface area contributed by atoms with Crippen LogP contribution in [0.5, 0.6) is 5.75 Å². The van der Waals surface area contributed by atoms with Crippen LogP contribution in [0, 0.1) is 6.92 Å². The molecule has 0 unspecified atom stereocenters. The summed E-state index contributed by atoms with van der Waals surface area (Å²) >= 11 is 1.61. The third kappa shape index (κ3) is 5.48. The van der Waals surface area contributed by atoms with Crippen molar-refractivity contribution in [2.24, 2.45) is 0 Å². The number of hydrogen-bond donors (Lipinski definition) is 1. The summed E-state index contributed by atoms with van der Waals surface area (Å²) in [5.74, 6) is 1.57. The average molecular weight is 506 g/mol. The predicted octanol–water partition coefficient (Wildman–Crippen LogP) is 4.71. The van der Waals surface area contributed by atoms with Gasteiger partial charge >= 0.3 is 4.96 Å². The van der Waals surface area contributed by atoms with Gasteiger partial charge in [-0.2, -0.15) is 4.40 Å². The predicted molar refractivity (Wildman–Crippen MR) is 136 cm³/mol. The van der Waals surface area contributed by atoms with Crippen LogP contribution in [0.25, 0.3) is 26.7 Å². The van der Waals surface area contributed by atoms with E-state index in [0.717, 1.165) is 43.9 Å². The number of nitrogens with two attached hydrogens (primary N) is 1. The van der Waals surface area contributed by atoms with E-state index in [-0.39, 0.29) is 4.90 Å². The Morgan fingerprint density at radius 3 is 2.06 bits per heavy atom. The fraction of sp³-hybridized carbons (Fsp3) is 0.0769. The molecule has 0 fully saturated rings. The second kappa shape index (κ2) is 10.2. The molecule has 0 aliphatic heterocycles. The van der Waals surface area contributed by atoms with E-state index in [9.17, 15) is 13.0 Å². The number of fused-ring (bicyclic) bond motifs is 1. The van der Waals surface area contributed by atoms with Gasteiger partial charge < -0.3 is 15.0 Å². The van der Waals surface area contributed by atoms with Crippen molar-refractivity contribution in [2.45, 2.75) is 11.8 Å². The Bertz CT molecular complexity index is 1550. The molecule has 3 aromatic carbocycles. The zero-order valence-electron chi connectivity index (χ0n) is 19.1. The number of nitrogens with zero attached hydrogens (tertiary/aromatic N) is 2. The molecule has 0 bridgehead atoms. The van der Waals surface area contributed by atoms with Gasteiger partial charge in [0, 0.05) is 11.6 Å². The zero-order chi connectivity index (χ0) is 25.0. The maximum atomic E-state index is 10.3. The monoisotopic (exact) mass is 505 g/mol. The SMILES string of the molecule is COc1ccc(-c2cc(C)[n+]3c(N)c(-c4ccccc4)sc3n2)cc1.O=S(=O)([O-])c1ccccc1. The molecular formula is C26H23N3O4S2. The zero-order valence-corrected chi connectivity index (χ0v) is 20.7. The molecule has 5 rings (SSSR count). The molecule has 0 amide bonds. The maximum Gasteiger partial charge on any atom is 0.327 e. The highest BCUT2D eigenvalue weighted by Gasteiger charge is 2.21. The van der Waals surface area contributed by atoms with Crippen LogP contribution >= 0.6 is 11.3 Å². The van der Waals surface area contributed by atoms with Gasteiger partial charge in [-0.25, -0.2) is 8.42 Å². The quantitative estimate of drug-likeness (QED) is 0.280. The number of methoxy groups -OCH3 is 1. The molecule has 2 aromatic heterocycles. The van der Waals surface area contributed by atoms with Gasteiger partial charge in [-0.05, 0) is 48.9 Å². The van der Waals surface area contributed by atoms with Gasteiger partial charge in [0.2, 0.25) is 5.82 Å². The Labute approximate surface area is 207 Å². The van der Waals surface area contributed by atoms with Crippen LogP contribution in [0.2, 0.25) is 0 Å². The van der Waals surface area contributed by atoms with Crippen molar-refractivity contribution >= 4 is 32.2 Å². The summed E-state index contributed by atoms with van der Waals surface area (Å²) in [5.41, 5.74) is 10.6. The molecule has 178 valence electrons. The van der Waals surface area contributed by atoms with Crippen molar-refractivity contribution in [2.75, 3.05) is 12.8 Å². The second-order valence-electron chi connectivity index (χ2n) is 7.58. The first-order valence-electron chi connectivity index (χ1n) is 10.6. The number of benzene rings is 3. The summed E-state index contributed by atoms with van der Waals surface area (Å²) in [7, 11) is -2.59. The number of anilines is 1. The largest absolute Gasteiger partial charge is 0.744 e. The van der Waals surface area contributed by atoms with Crippen LogP contribution in [-0.4, -0.2) is 25.1 Å². The fourth-order valence-corrected chi connectivity index (χ4v) is 5.10. The van der Waals surface area contributed by atoms with Crippen LogP contribution in [-0.2, 0) is 10.1 Å². The molecule has 0 aliphatic carbocycles. The van der Waals surface area contributed by atoms with Crippen molar-refractivity contribution in [3.63, 3.8) is 0 Å². The maximum absolute atomic E-state index is 10.3. The molecule has 2 heterocycles. The lowest BCUT2D eigenvalue weighted by Crippen LogP contribution is -2.28. The van der Waals surface area contributed by atoms with Crippen molar-refractivity contribution in [1.29, 1.82) is 0 Å². The normalized spacial score (nSPS) is 11.1. The van der Waals surface area contributed by atoms with Gasteiger partial charge in [-0.3, -0.25) is 0 Å². The minimum absolute atomic E-state index is 0.185. The summed E-state index contributed by atoms with van der Waals surface area (Å²) in [6.45, 7) is 2.06. The third-order valence-corrected chi connectivity index (χ3v) is 7.18. The van der Waals surface area contributed by atoms with E-state index >= 15 is 0 Å². The molecule has 9 heteroatoms. The van der Waals surface area contributed by atoms with E-state index in [1.165, 1.54) is 24.3 Å². The molecule has 35 heavy (non-hydrogen) atoms. The van der Waals surface area contributed by atoms with Crippen molar-refractivity contribution < 1.29 is 22.1 Å². The standard InChI is InChI=1S/C20H18N3OS.C6H6O3S/c1-13-12-17(14-8-10-16(24-2)11-9-14)22-20-23(13)19(21)18(25-20)15-6-4-3-5-7-15;7-10(8,9)6-4-2-1-3-5-6/h3-12H,21H2,1-2H3;1-5H,(H,7,8,9)/q+1;/p-1. The van der Waals surface area contributed by atoms with Crippen LogP contribution in [0.4, 0.5) is 5.82 Å². The summed E-state index contributed by atoms with van der Waals surface area (Å²) in [5, 5.41) is 0. The number of aryl methyl sites for hydroxylation is 1. The van der Waals surface area contributed by atoms with E-state index < -0.39 is 10.1 Å². The lowest BCUT2D eigenvalue weighted by molar-refractivity contribution is -0.501. The molecule has 0 spiro atoms. The van der Waals surface area contributed by atoms with Crippen LogP contribution < -0.4 is 14.9 Å². The third-order valence-electron chi connectivity index (χ3n) is 5.23. The number of rotatable bonds is 4. The average Bonchev–Trinajstić information content (AvgIpc) is 3.22. The summed E-state index contributed by atoms with van der Waals surface area (Å²) in [4.78, 5) is 6.58. The number of nitrogen functional groups attached to an aromatic ring is 1. The molecule has 0 radical (unpaired) electrons. The molecule has 0 saturated carbocycles. The second-order valence-corrected chi connectivity index (χ2v) is 9.94. The van der Waals surface area contributed by atoms with Crippen LogP contribution in [0.3, 0.4) is 0 Å². The van der Waals surface area contributed by atoms with Gasteiger partial charge in [-0.1, -0.05) is 64.9 Å². The van der Waals surface area contributed by atoms with Gasteiger partial charge in [0.15, 0.2) is 0 Å². The van der Waals surface area contributed by atoms with E-state index in [0.29, 0.717) is 0 Å². The highest BCUT2D eigenvalue weighted by Crippen LogP contribution is 2.32. The van der Waals surface area contributed by atoms with E-state index in [2.05, 4.69) is 25.1 Å². The number of hydrogen-bond acceptors (Lipinski definition) is 7. The number of ether oxygens (including phenoxy) is 1. The van der Waals surface area contributed by atoms with Crippen LogP contribution in [0.1, 0.15) is 5.69 Å². The summed E-state index contributed by atoms with van der Waals surface area (Å²) < 4.78 is 38.1. The minimum atomic E-state index is -4.25. The molecule has 7 nitrogen and oxygen atoms in total. The Balaban J connectivity index is 0.000000243. The Hall–Kier alpha value is -3.79. The smallest absolute Gasteiger partial charge is 0.327 e. The lowest BCUT2D eigenvalue weighted by Gasteiger charge is -2.04. The first-order chi connectivity index (χ1) is 16.8. The van der Waals surface area contributed by atoms with Crippen molar-refractivity contribution in [3.8, 4) is 27.4 Å². The van der Waals surface area contributed by atoms with Gasteiger partial charge in [0.25, 0.3) is 0 Å². The van der Waals surface area contributed by atoms with Crippen LogP contribution in [0.15, 0.2) is 95.9 Å². The first-order valence-corrected chi connectivity index (χ1v) is 12.8. The number of aromatic nitrogens is 2. The first kappa shape index (κ1) is 24.3. The van der Waals surface area contributed by atoms with E-state index in [1.807, 2.05) is 46.9 Å². The van der Waals surface area contributed by atoms with Gasteiger partial charge in [0.1, 0.15) is 26.4 Å². The molecule has 0 aliphatic rings. The Morgan fingerprint density at radius 2 is 1.51 bits per heavy atom. The van der Waals surface area contributed by atoms with E-state index in [4.69, 9.17) is 15.5 Å². The highest BCUT2D eigenvalue weighted by molar-refractivity contribution is 7.85. The molecular weight excluding hydrogens is 482 g/mol. The molecule has 2 N–H and O–H groups in total. The number of thiazole rings is 1. The van der Waals surface area contributed by atoms with Crippen molar-refractivity contribution in [1.82, 2.24) is 4.98 Å². The summed E-state index contributed by atoms with van der Waals surface area (Å²) in [6.07, 6.45) is 0. The fourth-order valence-electron chi connectivity index (χ4n) is 3.50. The minimum Gasteiger partial charge on any atom is -0.744 e. The van der Waals surface area contributed by atoms with E-state index in [1.54, 1.807) is 24.5 Å². The van der Waals surface area contributed by atoms with Gasteiger partial charge in [-0.15, -0.1) is 0 Å². The molecule has 0 atom stereocenters. The summed E-state index contributed by atoms with van der Waals surface area (Å²) in [6, 6.07) is 27.4. The Morgan fingerprint density at radius 1 is 0.914 bits per heavy atom. The van der Waals surface area contributed by atoms with Crippen molar-refractivity contribution in [3.05, 3.63) is 96.7 Å². The highest BCUT2D eigenvalue weighted by atomic mass is 32.2. The Kier molecular flexibility index (Phi) is 7.11. The van der Waals surface area contributed by atoms with Gasteiger partial charge in [0.05, 0.1) is 17.7 Å². The topological polar surface area (TPSA) is 109 Å². The lowest BCUT2D eigenvalue weighted by atomic mass is 10.1. The molecule has 5 aromatic rings. The molecule has 0 saturated heterocycles.